The maximum Gasteiger partial charge on any atom is 0.573 e. The Morgan fingerprint density at radius 3 is 2.47 bits per heavy atom. The average Bonchev–Trinajstić information content (AvgIpc) is 3.42. The first-order chi connectivity index (χ1) is 14.2. The van der Waals surface area contributed by atoms with E-state index in [0.29, 0.717) is 36.4 Å². The molecule has 1 aromatic heterocycles. The van der Waals surface area contributed by atoms with Gasteiger partial charge in [0.05, 0.1) is 5.02 Å². The van der Waals surface area contributed by atoms with Crippen molar-refractivity contribution in [3.8, 4) is 5.75 Å². The summed E-state index contributed by atoms with van der Waals surface area (Å²) in [7, 11) is 0. The van der Waals surface area contributed by atoms with Gasteiger partial charge in [0.2, 0.25) is 5.91 Å². The minimum absolute atomic E-state index is 0.0386. The van der Waals surface area contributed by atoms with Crippen molar-refractivity contribution in [3.63, 3.8) is 0 Å². The van der Waals surface area contributed by atoms with E-state index < -0.39 is 12.1 Å². The second-order valence-corrected chi connectivity index (χ2v) is 8.21. The summed E-state index contributed by atoms with van der Waals surface area (Å²) in [6, 6.07) is 7.64. The highest BCUT2D eigenvalue weighted by atomic mass is 35.5. The second-order valence-electron chi connectivity index (χ2n) is 7.80. The van der Waals surface area contributed by atoms with E-state index in [0.717, 1.165) is 18.4 Å². The molecule has 1 aliphatic carbocycles. The number of pyridine rings is 1. The topological polar surface area (TPSA) is 71.2 Å². The molecule has 5 nitrogen and oxygen atoms in total. The molecule has 0 radical (unpaired) electrons. The Balaban J connectivity index is 1.66. The zero-order valence-corrected chi connectivity index (χ0v) is 16.6. The van der Waals surface area contributed by atoms with E-state index in [4.69, 9.17) is 11.6 Å². The van der Waals surface area contributed by atoms with E-state index in [1.54, 1.807) is 0 Å². The number of carbonyl (C=O) groups is 1. The molecule has 9 heteroatoms. The Labute approximate surface area is 175 Å². The van der Waals surface area contributed by atoms with Crippen molar-refractivity contribution in [3.05, 3.63) is 62.5 Å². The summed E-state index contributed by atoms with van der Waals surface area (Å²) in [5.41, 5.74) is 1.86. The van der Waals surface area contributed by atoms with E-state index in [-0.39, 0.29) is 28.4 Å². The Kier molecular flexibility index (Phi) is 5.53. The third-order valence-electron chi connectivity index (χ3n) is 5.54. The van der Waals surface area contributed by atoms with Crippen LogP contribution in [0.15, 0.2) is 35.1 Å². The molecule has 2 fully saturated rings. The standard InChI is InChI=1S/C21H20ClF3N2O3/c22-16-9-12(3-7-18(16)30-21(23,24)25)15(10-13-4-8-19(28)26-13)17-6-5-14(11-1-2-11)20(29)27-17/h3,5-7,9,11,13,15H,1-2,4,8,10H2,(H,26,28)(H,27,29). The fourth-order valence-electron chi connectivity index (χ4n) is 3.94. The number of rotatable bonds is 6. The zero-order chi connectivity index (χ0) is 21.5. The number of hydrogen-bond acceptors (Lipinski definition) is 3. The van der Waals surface area contributed by atoms with Crippen molar-refractivity contribution in [2.75, 3.05) is 0 Å². The molecule has 4 rings (SSSR count). The highest BCUT2D eigenvalue weighted by Crippen LogP contribution is 2.39. The number of aromatic amines is 1. The van der Waals surface area contributed by atoms with E-state index in [9.17, 15) is 22.8 Å². The van der Waals surface area contributed by atoms with E-state index in [2.05, 4.69) is 15.0 Å². The molecule has 1 saturated carbocycles. The first-order valence-corrected chi connectivity index (χ1v) is 10.1. The predicted octanol–water partition coefficient (Wildman–Crippen LogP) is 4.60. The van der Waals surface area contributed by atoms with Crippen LogP contribution in [0.3, 0.4) is 0 Å². The Morgan fingerprint density at radius 2 is 1.90 bits per heavy atom. The molecule has 2 aromatic rings. The van der Waals surface area contributed by atoms with Crippen molar-refractivity contribution in [2.45, 2.75) is 56.3 Å². The Morgan fingerprint density at radius 1 is 1.13 bits per heavy atom. The lowest BCUT2D eigenvalue weighted by Crippen LogP contribution is -2.28. The summed E-state index contributed by atoms with van der Waals surface area (Å²) < 4.78 is 41.6. The lowest BCUT2D eigenvalue weighted by molar-refractivity contribution is -0.274. The maximum absolute atomic E-state index is 12.5. The molecule has 0 bridgehead atoms. The normalized spacial score (nSPS) is 20.1. The fourth-order valence-corrected chi connectivity index (χ4v) is 4.17. The van der Waals surface area contributed by atoms with Crippen LogP contribution < -0.4 is 15.6 Å². The van der Waals surface area contributed by atoms with Gasteiger partial charge in [-0.25, -0.2) is 0 Å². The number of benzene rings is 1. The lowest BCUT2D eigenvalue weighted by atomic mass is 9.88. The van der Waals surface area contributed by atoms with Crippen molar-refractivity contribution < 1.29 is 22.7 Å². The van der Waals surface area contributed by atoms with Crippen LogP contribution in [0.1, 0.15) is 60.8 Å². The molecule has 1 aliphatic heterocycles. The fraction of sp³-hybridized carbons (Fsp3) is 0.429. The van der Waals surface area contributed by atoms with E-state index >= 15 is 0 Å². The number of H-pyrrole nitrogens is 1. The van der Waals surface area contributed by atoms with Gasteiger partial charge in [-0.15, -0.1) is 13.2 Å². The smallest absolute Gasteiger partial charge is 0.404 e. The van der Waals surface area contributed by atoms with Gasteiger partial charge < -0.3 is 15.0 Å². The summed E-state index contributed by atoms with van der Waals surface area (Å²) in [6.07, 6.45) is -1.29. The van der Waals surface area contributed by atoms with Gasteiger partial charge in [0.1, 0.15) is 5.75 Å². The molecular formula is C21H20ClF3N2O3. The van der Waals surface area contributed by atoms with Crippen LogP contribution >= 0.6 is 11.6 Å². The van der Waals surface area contributed by atoms with Gasteiger partial charge in [-0.1, -0.05) is 23.7 Å². The van der Waals surface area contributed by atoms with E-state index in [1.165, 1.54) is 18.2 Å². The number of carbonyl (C=O) groups excluding carboxylic acids is 1. The summed E-state index contributed by atoms with van der Waals surface area (Å²) in [5.74, 6) is -0.586. The first-order valence-electron chi connectivity index (χ1n) is 9.77. The highest BCUT2D eigenvalue weighted by molar-refractivity contribution is 6.32. The second kappa shape index (κ2) is 7.98. The molecule has 160 valence electrons. The molecule has 2 N–H and O–H groups in total. The number of hydrogen-bond donors (Lipinski definition) is 2. The molecule has 2 atom stereocenters. The van der Waals surface area contributed by atoms with Crippen molar-refractivity contribution in [1.29, 1.82) is 0 Å². The number of amides is 1. The van der Waals surface area contributed by atoms with Gasteiger partial charge in [0.15, 0.2) is 0 Å². The molecule has 2 aliphatic rings. The number of halogens is 4. The predicted molar refractivity (Wildman–Crippen MR) is 105 cm³/mol. The summed E-state index contributed by atoms with van der Waals surface area (Å²) >= 11 is 6.05. The highest BCUT2D eigenvalue weighted by Gasteiger charge is 2.33. The Hall–Kier alpha value is -2.48. The van der Waals surface area contributed by atoms with Gasteiger partial charge in [-0.3, -0.25) is 9.59 Å². The van der Waals surface area contributed by atoms with Crippen LogP contribution in [0, 0.1) is 0 Å². The average molecular weight is 441 g/mol. The van der Waals surface area contributed by atoms with E-state index in [1.807, 2.05) is 12.1 Å². The van der Waals surface area contributed by atoms with Gasteiger partial charge >= 0.3 is 6.36 Å². The van der Waals surface area contributed by atoms with Crippen LogP contribution in [0.5, 0.6) is 5.75 Å². The van der Waals surface area contributed by atoms with Crippen molar-refractivity contribution in [2.24, 2.45) is 0 Å². The SMILES string of the molecule is O=C1CCC(CC(c2ccc(OC(F)(F)F)c(Cl)c2)c2ccc(C3CC3)c(=O)[nH]2)N1. The number of aromatic nitrogens is 1. The third kappa shape index (κ3) is 4.80. The summed E-state index contributed by atoms with van der Waals surface area (Å²) in [4.78, 5) is 27.1. The number of ether oxygens (including phenoxy) is 1. The molecule has 1 aromatic carbocycles. The quantitative estimate of drug-likeness (QED) is 0.689. The zero-order valence-electron chi connectivity index (χ0n) is 15.9. The molecule has 30 heavy (non-hydrogen) atoms. The van der Waals surface area contributed by atoms with Crippen LogP contribution in [0.4, 0.5) is 13.2 Å². The third-order valence-corrected chi connectivity index (χ3v) is 5.84. The van der Waals surface area contributed by atoms with Crippen LogP contribution in [0.25, 0.3) is 0 Å². The Bertz CT molecular complexity index is 1020. The monoisotopic (exact) mass is 440 g/mol. The molecule has 1 saturated heterocycles. The lowest BCUT2D eigenvalue weighted by Gasteiger charge is -2.22. The summed E-state index contributed by atoms with van der Waals surface area (Å²) in [6.45, 7) is 0. The van der Waals surface area contributed by atoms with Gasteiger partial charge in [-0.05, 0) is 55.4 Å². The minimum atomic E-state index is -4.84. The van der Waals surface area contributed by atoms with Crippen LogP contribution in [-0.4, -0.2) is 23.3 Å². The van der Waals surface area contributed by atoms with Crippen molar-refractivity contribution >= 4 is 17.5 Å². The summed E-state index contributed by atoms with van der Waals surface area (Å²) in [5, 5.41) is 2.72. The van der Waals surface area contributed by atoms with Crippen LogP contribution in [0.2, 0.25) is 5.02 Å². The molecule has 1 amide bonds. The minimum Gasteiger partial charge on any atom is -0.404 e. The van der Waals surface area contributed by atoms with Crippen LogP contribution in [-0.2, 0) is 4.79 Å². The molecule has 0 spiro atoms. The molecule has 2 heterocycles. The van der Waals surface area contributed by atoms with Gasteiger partial charge in [0, 0.05) is 29.6 Å². The molecular weight excluding hydrogens is 421 g/mol. The van der Waals surface area contributed by atoms with Crippen molar-refractivity contribution in [1.82, 2.24) is 10.3 Å². The largest absolute Gasteiger partial charge is 0.573 e. The first kappa shape index (κ1) is 20.8. The molecule has 2 unspecified atom stereocenters. The number of nitrogens with one attached hydrogen (secondary N) is 2. The van der Waals surface area contributed by atoms with Gasteiger partial charge in [-0.2, -0.15) is 0 Å². The number of alkyl halides is 3. The maximum atomic E-state index is 12.5. The van der Waals surface area contributed by atoms with Gasteiger partial charge in [0.25, 0.3) is 5.56 Å².